The molecular formula is C16H25N3O. The zero-order valence-corrected chi connectivity index (χ0v) is 12.5. The molecule has 2 rings (SSSR count). The molecule has 4 nitrogen and oxygen atoms in total. The van der Waals surface area contributed by atoms with Crippen LogP contribution in [0.4, 0.5) is 5.69 Å². The molecule has 0 bridgehead atoms. The van der Waals surface area contributed by atoms with Crippen LogP contribution in [0.5, 0.6) is 0 Å². The highest BCUT2D eigenvalue weighted by molar-refractivity contribution is 5.76. The van der Waals surface area contributed by atoms with Crippen molar-refractivity contribution in [3.63, 3.8) is 0 Å². The number of amides is 1. The molecular weight excluding hydrogens is 250 g/mol. The van der Waals surface area contributed by atoms with Gasteiger partial charge in [0, 0.05) is 44.8 Å². The van der Waals surface area contributed by atoms with Crippen LogP contribution < -0.4 is 10.6 Å². The van der Waals surface area contributed by atoms with E-state index in [0.29, 0.717) is 18.9 Å². The standard InChI is InChI=1S/C16H25N3O/c1-13(2)11-16(20)19-9-7-18(8-10-19)15-5-3-14(12-17)4-6-15/h3-6,13H,7-12,17H2,1-2H3. The molecule has 1 aromatic rings. The van der Waals surface area contributed by atoms with Crippen molar-refractivity contribution < 1.29 is 4.79 Å². The lowest BCUT2D eigenvalue weighted by molar-refractivity contribution is -0.132. The molecule has 2 N–H and O–H groups in total. The van der Waals surface area contributed by atoms with Gasteiger partial charge in [-0.15, -0.1) is 0 Å². The molecule has 1 aliphatic heterocycles. The second-order valence-electron chi connectivity index (χ2n) is 5.84. The molecule has 1 aromatic carbocycles. The molecule has 1 aliphatic rings. The zero-order chi connectivity index (χ0) is 14.5. The molecule has 0 radical (unpaired) electrons. The van der Waals surface area contributed by atoms with E-state index in [1.54, 1.807) is 0 Å². The van der Waals surface area contributed by atoms with Crippen molar-refractivity contribution in [3.8, 4) is 0 Å². The van der Waals surface area contributed by atoms with Crippen LogP contribution in [0.25, 0.3) is 0 Å². The average molecular weight is 275 g/mol. The van der Waals surface area contributed by atoms with Crippen LogP contribution in [0.15, 0.2) is 24.3 Å². The Morgan fingerprint density at radius 3 is 2.25 bits per heavy atom. The van der Waals surface area contributed by atoms with Gasteiger partial charge in [-0.2, -0.15) is 0 Å². The second-order valence-corrected chi connectivity index (χ2v) is 5.84. The molecule has 4 heteroatoms. The van der Waals surface area contributed by atoms with E-state index in [0.717, 1.165) is 31.7 Å². The van der Waals surface area contributed by atoms with Gasteiger partial charge < -0.3 is 15.5 Å². The van der Waals surface area contributed by atoms with E-state index in [4.69, 9.17) is 5.73 Å². The maximum absolute atomic E-state index is 12.0. The third-order valence-electron chi connectivity index (χ3n) is 3.75. The Morgan fingerprint density at radius 2 is 1.75 bits per heavy atom. The number of benzene rings is 1. The number of carbonyl (C=O) groups excluding carboxylic acids is 1. The Balaban J connectivity index is 1.88. The molecule has 0 spiro atoms. The summed E-state index contributed by atoms with van der Waals surface area (Å²) in [5.74, 6) is 0.725. The van der Waals surface area contributed by atoms with Crippen LogP contribution in [0, 0.1) is 5.92 Å². The monoisotopic (exact) mass is 275 g/mol. The van der Waals surface area contributed by atoms with Gasteiger partial charge in [-0.25, -0.2) is 0 Å². The molecule has 0 aromatic heterocycles. The summed E-state index contributed by atoms with van der Waals surface area (Å²) >= 11 is 0. The van der Waals surface area contributed by atoms with Gasteiger partial charge in [0.15, 0.2) is 0 Å². The molecule has 0 aliphatic carbocycles. The topological polar surface area (TPSA) is 49.6 Å². The summed E-state index contributed by atoms with van der Waals surface area (Å²) in [7, 11) is 0. The van der Waals surface area contributed by atoms with Crippen LogP contribution >= 0.6 is 0 Å². The Kier molecular flexibility index (Phi) is 5.01. The number of rotatable bonds is 4. The number of anilines is 1. The minimum atomic E-state index is 0.290. The summed E-state index contributed by atoms with van der Waals surface area (Å²) in [4.78, 5) is 16.4. The van der Waals surface area contributed by atoms with E-state index in [1.807, 2.05) is 4.90 Å². The van der Waals surface area contributed by atoms with Gasteiger partial charge in [-0.1, -0.05) is 26.0 Å². The van der Waals surface area contributed by atoms with E-state index < -0.39 is 0 Å². The number of hydrogen-bond acceptors (Lipinski definition) is 3. The average Bonchev–Trinajstić information content (AvgIpc) is 2.47. The molecule has 0 atom stereocenters. The molecule has 0 unspecified atom stereocenters. The van der Waals surface area contributed by atoms with Crippen LogP contribution in [0.3, 0.4) is 0 Å². The highest BCUT2D eigenvalue weighted by Gasteiger charge is 2.21. The number of nitrogens with two attached hydrogens (primary N) is 1. The van der Waals surface area contributed by atoms with Crippen LogP contribution in [0.2, 0.25) is 0 Å². The Bertz CT molecular complexity index is 434. The molecule has 110 valence electrons. The van der Waals surface area contributed by atoms with Crippen molar-refractivity contribution in [2.24, 2.45) is 11.7 Å². The lowest BCUT2D eigenvalue weighted by atomic mass is 10.1. The van der Waals surface area contributed by atoms with E-state index in [1.165, 1.54) is 5.69 Å². The Morgan fingerprint density at radius 1 is 1.15 bits per heavy atom. The second kappa shape index (κ2) is 6.75. The predicted molar refractivity (Wildman–Crippen MR) is 82.6 cm³/mol. The van der Waals surface area contributed by atoms with Crippen LogP contribution in [-0.2, 0) is 11.3 Å². The molecule has 1 heterocycles. The zero-order valence-electron chi connectivity index (χ0n) is 12.5. The first-order valence-corrected chi connectivity index (χ1v) is 7.42. The normalized spacial score (nSPS) is 15.8. The Hall–Kier alpha value is -1.55. The largest absolute Gasteiger partial charge is 0.368 e. The van der Waals surface area contributed by atoms with Crippen LogP contribution in [0.1, 0.15) is 25.8 Å². The van der Waals surface area contributed by atoms with E-state index in [2.05, 4.69) is 43.0 Å². The lowest BCUT2D eigenvalue weighted by Crippen LogP contribution is -2.49. The van der Waals surface area contributed by atoms with Crippen molar-refractivity contribution in [1.82, 2.24) is 4.90 Å². The minimum absolute atomic E-state index is 0.290. The van der Waals surface area contributed by atoms with E-state index in [-0.39, 0.29) is 5.91 Å². The lowest BCUT2D eigenvalue weighted by Gasteiger charge is -2.36. The van der Waals surface area contributed by atoms with Crippen molar-refractivity contribution in [1.29, 1.82) is 0 Å². The van der Waals surface area contributed by atoms with Crippen molar-refractivity contribution in [3.05, 3.63) is 29.8 Å². The first-order chi connectivity index (χ1) is 9.60. The molecule has 1 saturated heterocycles. The third-order valence-corrected chi connectivity index (χ3v) is 3.75. The summed E-state index contributed by atoms with van der Waals surface area (Å²) in [6.45, 7) is 8.23. The molecule has 0 saturated carbocycles. The van der Waals surface area contributed by atoms with Gasteiger partial charge in [0.1, 0.15) is 0 Å². The van der Waals surface area contributed by atoms with Gasteiger partial charge in [0.05, 0.1) is 0 Å². The van der Waals surface area contributed by atoms with Crippen molar-refractivity contribution in [2.45, 2.75) is 26.8 Å². The molecule has 20 heavy (non-hydrogen) atoms. The number of piperazine rings is 1. The van der Waals surface area contributed by atoms with Gasteiger partial charge in [-0.05, 0) is 23.6 Å². The fraction of sp³-hybridized carbons (Fsp3) is 0.562. The highest BCUT2D eigenvalue weighted by Crippen LogP contribution is 2.18. The van der Waals surface area contributed by atoms with Gasteiger partial charge >= 0.3 is 0 Å². The summed E-state index contributed by atoms with van der Waals surface area (Å²) in [5.41, 5.74) is 7.98. The summed E-state index contributed by atoms with van der Waals surface area (Å²) < 4.78 is 0. The maximum Gasteiger partial charge on any atom is 0.222 e. The van der Waals surface area contributed by atoms with Crippen molar-refractivity contribution >= 4 is 11.6 Å². The predicted octanol–water partition coefficient (Wildman–Crippen LogP) is 1.84. The minimum Gasteiger partial charge on any atom is -0.368 e. The van der Waals surface area contributed by atoms with E-state index in [9.17, 15) is 4.79 Å². The molecule has 1 fully saturated rings. The smallest absolute Gasteiger partial charge is 0.222 e. The van der Waals surface area contributed by atoms with E-state index >= 15 is 0 Å². The number of hydrogen-bond donors (Lipinski definition) is 1. The summed E-state index contributed by atoms with van der Waals surface area (Å²) in [6, 6.07) is 8.39. The first-order valence-electron chi connectivity index (χ1n) is 7.42. The molecule has 1 amide bonds. The van der Waals surface area contributed by atoms with Gasteiger partial charge in [0.25, 0.3) is 0 Å². The SMILES string of the molecule is CC(C)CC(=O)N1CCN(c2ccc(CN)cc2)CC1. The third kappa shape index (κ3) is 3.73. The summed E-state index contributed by atoms with van der Waals surface area (Å²) in [6.07, 6.45) is 0.658. The number of nitrogens with zero attached hydrogens (tertiary/aromatic N) is 2. The fourth-order valence-corrected chi connectivity index (χ4v) is 2.54. The van der Waals surface area contributed by atoms with Gasteiger partial charge in [-0.3, -0.25) is 4.79 Å². The van der Waals surface area contributed by atoms with Crippen molar-refractivity contribution in [2.75, 3.05) is 31.1 Å². The first kappa shape index (κ1) is 14.9. The van der Waals surface area contributed by atoms with Crippen LogP contribution in [-0.4, -0.2) is 37.0 Å². The summed E-state index contributed by atoms with van der Waals surface area (Å²) in [5, 5.41) is 0. The quantitative estimate of drug-likeness (QED) is 0.912. The highest BCUT2D eigenvalue weighted by atomic mass is 16.2. The number of carbonyl (C=O) groups is 1. The maximum atomic E-state index is 12.0. The fourth-order valence-electron chi connectivity index (χ4n) is 2.54. The van der Waals surface area contributed by atoms with Gasteiger partial charge in [0.2, 0.25) is 5.91 Å². The Labute approximate surface area is 121 Å².